The van der Waals surface area contributed by atoms with Crippen molar-refractivity contribution in [1.82, 2.24) is 15.8 Å². The highest BCUT2D eigenvalue weighted by Crippen LogP contribution is 2.33. The lowest BCUT2D eigenvalue weighted by Gasteiger charge is -2.36. The van der Waals surface area contributed by atoms with E-state index in [9.17, 15) is 4.79 Å². The fraction of sp³-hybridized carbons (Fsp3) is 0.480. The lowest BCUT2D eigenvalue weighted by atomic mass is 9.81. The van der Waals surface area contributed by atoms with Crippen LogP contribution in [-0.4, -0.2) is 49.7 Å². The predicted molar refractivity (Wildman–Crippen MR) is 119 cm³/mol. The summed E-state index contributed by atoms with van der Waals surface area (Å²) >= 11 is 0. The molecule has 2 atom stereocenters. The van der Waals surface area contributed by atoms with E-state index in [1.54, 1.807) is 0 Å². The van der Waals surface area contributed by atoms with Gasteiger partial charge < -0.3 is 14.4 Å². The zero-order valence-corrected chi connectivity index (χ0v) is 17.9. The summed E-state index contributed by atoms with van der Waals surface area (Å²) in [5.41, 5.74) is 9.02. The average Bonchev–Trinajstić information content (AvgIpc) is 3.31. The van der Waals surface area contributed by atoms with Crippen LogP contribution in [-0.2, 0) is 6.42 Å². The number of carbonyl (C=O) groups excluding carboxylic acids is 1. The number of rotatable bonds is 5. The molecule has 3 aliphatic rings. The van der Waals surface area contributed by atoms with Crippen LogP contribution >= 0.6 is 0 Å². The Morgan fingerprint density at radius 3 is 2.58 bits per heavy atom. The van der Waals surface area contributed by atoms with Crippen molar-refractivity contribution in [1.29, 1.82) is 0 Å². The summed E-state index contributed by atoms with van der Waals surface area (Å²) < 4.78 is 11.2. The molecule has 6 nitrogen and oxygen atoms in total. The van der Waals surface area contributed by atoms with Gasteiger partial charge in [-0.3, -0.25) is 15.6 Å². The fourth-order valence-corrected chi connectivity index (χ4v) is 5.15. The Balaban J connectivity index is 1.16. The maximum absolute atomic E-state index is 13.0. The Hall–Kier alpha value is -2.57. The van der Waals surface area contributed by atoms with Gasteiger partial charge in [-0.05, 0) is 61.3 Å². The van der Waals surface area contributed by atoms with Crippen LogP contribution in [0.1, 0.15) is 35.2 Å². The molecule has 5 rings (SSSR count). The maximum Gasteiger partial charge on any atom is 0.253 e. The van der Waals surface area contributed by atoms with Crippen LogP contribution in [0.2, 0.25) is 0 Å². The van der Waals surface area contributed by atoms with Crippen LogP contribution in [0.25, 0.3) is 0 Å². The number of amides is 1. The molecule has 3 heterocycles. The largest absolute Gasteiger partial charge is 0.486 e. The molecule has 31 heavy (non-hydrogen) atoms. The normalized spacial score (nSPS) is 23.7. The molecule has 164 valence electrons. The van der Waals surface area contributed by atoms with E-state index in [1.165, 1.54) is 12.0 Å². The highest BCUT2D eigenvalue weighted by molar-refractivity contribution is 5.95. The Kier molecular flexibility index (Phi) is 6.09. The summed E-state index contributed by atoms with van der Waals surface area (Å²) in [5.74, 6) is 2.72. The minimum atomic E-state index is 0.0913. The Labute approximate surface area is 183 Å². The number of nitrogens with zero attached hydrogens (tertiary/aromatic N) is 1. The average molecular weight is 422 g/mol. The second kappa shape index (κ2) is 9.28. The third kappa shape index (κ3) is 4.55. The van der Waals surface area contributed by atoms with Gasteiger partial charge in [0, 0.05) is 31.2 Å². The van der Waals surface area contributed by atoms with E-state index in [2.05, 4.69) is 41.2 Å². The molecule has 0 radical (unpaired) electrons. The van der Waals surface area contributed by atoms with E-state index in [1.807, 2.05) is 23.1 Å². The van der Waals surface area contributed by atoms with E-state index in [0.29, 0.717) is 42.4 Å². The van der Waals surface area contributed by atoms with Crippen molar-refractivity contribution in [2.75, 3.05) is 32.8 Å². The molecule has 2 fully saturated rings. The molecule has 2 unspecified atom stereocenters. The molecule has 2 saturated heterocycles. The lowest BCUT2D eigenvalue weighted by molar-refractivity contribution is 0.0661. The molecule has 6 heteroatoms. The monoisotopic (exact) mass is 421 g/mol. The number of fused-ring (bicyclic) bond motifs is 1. The highest BCUT2D eigenvalue weighted by Gasteiger charge is 2.36. The molecule has 0 aliphatic carbocycles. The fourth-order valence-electron chi connectivity index (χ4n) is 5.15. The van der Waals surface area contributed by atoms with E-state index < -0.39 is 0 Å². The van der Waals surface area contributed by atoms with Crippen molar-refractivity contribution < 1.29 is 14.3 Å². The minimum absolute atomic E-state index is 0.0913. The molecule has 1 amide bonds. The van der Waals surface area contributed by atoms with Gasteiger partial charge in [0.1, 0.15) is 13.2 Å². The van der Waals surface area contributed by atoms with Crippen LogP contribution in [0.15, 0.2) is 48.5 Å². The van der Waals surface area contributed by atoms with Crippen molar-refractivity contribution in [3.05, 3.63) is 59.7 Å². The smallest absolute Gasteiger partial charge is 0.253 e. The second-order valence-electron chi connectivity index (χ2n) is 8.82. The van der Waals surface area contributed by atoms with Crippen LogP contribution in [0.4, 0.5) is 0 Å². The summed E-state index contributed by atoms with van der Waals surface area (Å²) in [4.78, 5) is 15.0. The molecule has 2 aromatic carbocycles. The van der Waals surface area contributed by atoms with Gasteiger partial charge in [0.25, 0.3) is 5.91 Å². The van der Waals surface area contributed by atoms with Crippen LogP contribution in [0, 0.1) is 11.8 Å². The number of hydrogen-bond donors (Lipinski definition) is 2. The number of likely N-dealkylation sites (tertiary alicyclic amines) is 1. The number of hydrogen-bond acceptors (Lipinski definition) is 5. The van der Waals surface area contributed by atoms with Gasteiger partial charge in [0.15, 0.2) is 11.5 Å². The third-order valence-corrected chi connectivity index (χ3v) is 6.91. The molecule has 0 spiro atoms. The highest BCUT2D eigenvalue weighted by atomic mass is 16.6. The summed E-state index contributed by atoms with van der Waals surface area (Å²) in [5, 5.41) is 0. The lowest BCUT2D eigenvalue weighted by Crippen LogP contribution is -2.46. The topological polar surface area (TPSA) is 62.8 Å². The van der Waals surface area contributed by atoms with Crippen LogP contribution in [0.3, 0.4) is 0 Å². The first kappa shape index (κ1) is 20.3. The number of hydrazine groups is 1. The van der Waals surface area contributed by atoms with Gasteiger partial charge in [-0.25, -0.2) is 0 Å². The minimum Gasteiger partial charge on any atom is -0.486 e. The zero-order chi connectivity index (χ0) is 21.0. The van der Waals surface area contributed by atoms with Gasteiger partial charge in [-0.1, -0.05) is 30.3 Å². The third-order valence-electron chi connectivity index (χ3n) is 6.91. The van der Waals surface area contributed by atoms with E-state index in [4.69, 9.17) is 9.47 Å². The summed E-state index contributed by atoms with van der Waals surface area (Å²) in [6.45, 7) is 3.73. The SMILES string of the molecule is O=C(c1ccc2c(c1)OCCO2)N1CCC(C2NNCC2CCc2ccccc2)CC1. The molecule has 2 aromatic rings. The maximum atomic E-state index is 13.0. The van der Waals surface area contributed by atoms with Gasteiger partial charge in [-0.2, -0.15) is 0 Å². The number of aryl methyl sites for hydroxylation is 1. The van der Waals surface area contributed by atoms with Gasteiger partial charge in [0.2, 0.25) is 0 Å². The van der Waals surface area contributed by atoms with Crippen LogP contribution in [0.5, 0.6) is 11.5 Å². The first-order valence-corrected chi connectivity index (χ1v) is 11.5. The Morgan fingerprint density at radius 2 is 1.77 bits per heavy atom. The van der Waals surface area contributed by atoms with Gasteiger partial charge >= 0.3 is 0 Å². The van der Waals surface area contributed by atoms with Crippen molar-refractivity contribution in [3.63, 3.8) is 0 Å². The number of nitrogens with one attached hydrogen (secondary N) is 2. The number of ether oxygens (including phenoxy) is 2. The molecular weight excluding hydrogens is 390 g/mol. The van der Waals surface area contributed by atoms with E-state index in [0.717, 1.165) is 44.6 Å². The summed E-state index contributed by atoms with van der Waals surface area (Å²) in [7, 11) is 0. The molecule has 2 N–H and O–H groups in total. The second-order valence-corrected chi connectivity index (χ2v) is 8.82. The quantitative estimate of drug-likeness (QED) is 0.777. The molecule has 0 bridgehead atoms. The number of carbonyl (C=O) groups is 1. The first-order valence-electron chi connectivity index (χ1n) is 11.5. The van der Waals surface area contributed by atoms with Crippen molar-refractivity contribution in [2.45, 2.75) is 31.7 Å². The van der Waals surface area contributed by atoms with Gasteiger partial charge in [0.05, 0.1) is 0 Å². The number of piperidine rings is 1. The van der Waals surface area contributed by atoms with Crippen molar-refractivity contribution in [2.24, 2.45) is 11.8 Å². The Morgan fingerprint density at radius 1 is 1.00 bits per heavy atom. The molecule has 3 aliphatic heterocycles. The standard InChI is InChI=1S/C25H31N3O3/c29-25(20-8-9-22-23(16-20)31-15-14-30-22)28-12-10-19(11-13-28)24-21(17-26-27-24)7-6-18-4-2-1-3-5-18/h1-5,8-9,16,19,21,24,26-27H,6-7,10-15,17H2. The molecule has 0 aromatic heterocycles. The van der Waals surface area contributed by atoms with Crippen molar-refractivity contribution >= 4 is 5.91 Å². The van der Waals surface area contributed by atoms with E-state index in [-0.39, 0.29) is 5.91 Å². The van der Waals surface area contributed by atoms with Gasteiger partial charge in [-0.15, -0.1) is 0 Å². The van der Waals surface area contributed by atoms with Crippen LogP contribution < -0.4 is 20.3 Å². The zero-order valence-electron chi connectivity index (χ0n) is 17.9. The number of benzene rings is 2. The first-order chi connectivity index (χ1) is 15.3. The molecular formula is C25H31N3O3. The summed E-state index contributed by atoms with van der Waals surface area (Å²) in [6, 6.07) is 16.7. The van der Waals surface area contributed by atoms with E-state index >= 15 is 0 Å². The van der Waals surface area contributed by atoms with Crippen molar-refractivity contribution in [3.8, 4) is 11.5 Å². The predicted octanol–water partition coefficient (Wildman–Crippen LogP) is 3.04. The summed E-state index contributed by atoms with van der Waals surface area (Å²) in [6.07, 6.45) is 4.38. The molecule has 0 saturated carbocycles. The Bertz CT molecular complexity index is 896.